The number of benzene rings is 1. The van der Waals surface area contributed by atoms with Gasteiger partial charge in [-0.05, 0) is 26.0 Å². The lowest BCUT2D eigenvalue weighted by Gasteiger charge is -2.11. The number of aryl methyl sites for hydroxylation is 1. The number of amides is 2. The van der Waals surface area contributed by atoms with E-state index >= 15 is 0 Å². The van der Waals surface area contributed by atoms with Gasteiger partial charge < -0.3 is 0 Å². The average Bonchev–Trinajstić information content (AvgIpc) is 2.54. The molecule has 0 aromatic heterocycles. The Hall–Kier alpha value is -1.73. The van der Waals surface area contributed by atoms with E-state index in [0.717, 1.165) is 5.56 Å². The molecule has 0 bridgehead atoms. The molecule has 1 aromatic carbocycles. The van der Waals surface area contributed by atoms with Gasteiger partial charge in [0.25, 0.3) is 21.9 Å². The van der Waals surface area contributed by atoms with Crippen LogP contribution in [0.4, 0.5) is 0 Å². The van der Waals surface area contributed by atoms with Crippen LogP contribution in [0.3, 0.4) is 0 Å². The van der Waals surface area contributed by atoms with Gasteiger partial charge in [0.05, 0.1) is 16.9 Å². The Labute approximate surface area is 104 Å². The molecule has 0 atom stereocenters. The van der Waals surface area contributed by atoms with E-state index in [2.05, 4.69) is 4.28 Å². The van der Waals surface area contributed by atoms with Gasteiger partial charge in [-0.15, -0.1) is 9.35 Å². The Balaban J connectivity index is 2.40. The number of hydroxylamine groups is 2. The second-order valence-corrected chi connectivity index (χ2v) is 5.72. The fourth-order valence-electron chi connectivity index (χ4n) is 1.57. The van der Waals surface area contributed by atoms with Crippen molar-refractivity contribution < 1.29 is 22.3 Å². The fraction of sp³-hybridized carbons (Fsp3) is 0.273. The van der Waals surface area contributed by atoms with Crippen LogP contribution in [-0.2, 0) is 14.4 Å². The van der Waals surface area contributed by atoms with Crippen LogP contribution in [0.1, 0.15) is 33.2 Å². The summed E-state index contributed by atoms with van der Waals surface area (Å²) in [5.41, 5.74) is 1.11. The molecule has 96 valence electrons. The van der Waals surface area contributed by atoms with Crippen molar-refractivity contribution in [1.29, 1.82) is 0 Å². The quantitative estimate of drug-likeness (QED) is 0.761. The van der Waals surface area contributed by atoms with E-state index in [9.17, 15) is 18.0 Å². The molecule has 6 nitrogen and oxygen atoms in total. The minimum absolute atomic E-state index is 0.150. The molecule has 2 rings (SSSR count). The Morgan fingerprint density at radius 1 is 1.17 bits per heavy atom. The van der Waals surface area contributed by atoms with Gasteiger partial charge in [0.1, 0.15) is 0 Å². The standard InChI is InChI=1S/C11H11NO5S/c1-3-18(15,16)17-12-10(13)8-5-4-7(2)6-9(8)11(12)14/h4-6H,3H2,1-2H3. The third kappa shape index (κ3) is 2.02. The van der Waals surface area contributed by atoms with Crippen molar-refractivity contribution >= 4 is 21.9 Å². The van der Waals surface area contributed by atoms with Crippen LogP contribution in [0.2, 0.25) is 0 Å². The Morgan fingerprint density at radius 2 is 1.78 bits per heavy atom. The van der Waals surface area contributed by atoms with Crippen molar-refractivity contribution in [3.63, 3.8) is 0 Å². The summed E-state index contributed by atoms with van der Waals surface area (Å²) < 4.78 is 27.1. The van der Waals surface area contributed by atoms with Crippen LogP contribution in [0.5, 0.6) is 0 Å². The molecule has 0 radical (unpaired) electrons. The molecule has 1 aromatic rings. The van der Waals surface area contributed by atoms with E-state index < -0.39 is 21.9 Å². The zero-order valence-electron chi connectivity index (χ0n) is 9.84. The van der Waals surface area contributed by atoms with E-state index in [1.807, 2.05) is 0 Å². The van der Waals surface area contributed by atoms with Crippen molar-refractivity contribution in [2.24, 2.45) is 0 Å². The number of hydrogen-bond acceptors (Lipinski definition) is 5. The number of imide groups is 1. The first-order valence-electron chi connectivity index (χ1n) is 5.27. The number of rotatable bonds is 3. The highest BCUT2D eigenvalue weighted by Gasteiger charge is 2.39. The van der Waals surface area contributed by atoms with Crippen LogP contribution >= 0.6 is 0 Å². The molecule has 1 heterocycles. The average molecular weight is 269 g/mol. The maximum atomic E-state index is 11.9. The second kappa shape index (κ2) is 4.18. The number of nitrogens with zero attached hydrogens (tertiary/aromatic N) is 1. The first kappa shape index (κ1) is 12.7. The molecule has 0 unspecified atom stereocenters. The number of carbonyl (C=O) groups is 2. The summed E-state index contributed by atoms with van der Waals surface area (Å²) >= 11 is 0. The van der Waals surface area contributed by atoms with Crippen molar-refractivity contribution in [3.05, 3.63) is 34.9 Å². The molecule has 0 saturated carbocycles. The number of hydrogen-bond donors (Lipinski definition) is 0. The molecule has 0 aliphatic carbocycles. The maximum Gasteiger partial charge on any atom is 0.288 e. The molecule has 0 fully saturated rings. The fourth-order valence-corrected chi connectivity index (χ4v) is 2.03. The SMILES string of the molecule is CCS(=O)(=O)ON1C(=O)c2ccc(C)cc2C1=O. The molecule has 2 amide bonds. The number of carbonyl (C=O) groups excluding carboxylic acids is 2. The summed E-state index contributed by atoms with van der Waals surface area (Å²) in [6.45, 7) is 3.13. The predicted molar refractivity (Wildman–Crippen MR) is 62.2 cm³/mol. The van der Waals surface area contributed by atoms with Gasteiger partial charge in [-0.25, -0.2) is 0 Å². The largest absolute Gasteiger partial charge is 0.288 e. The highest BCUT2D eigenvalue weighted by atomic mass is 32.2. The summed E-state index contributed by atoms with van der Waals surface area (Å²) in [6, 6.07) is 4.67. The molecule has 7 heteroatoms. The van der Waals surface area contributed by atoms with Crippen molar-refractivity contribution in [1.82, 2.24) is 5.06 Å². The normalized spacial score (nSPS) is 15.1. The topological polar surface area (TPSA) is 80.8 Å². The third-order valence-corrected chi connectivity index (χ3v) is 3.63. The molecule has 18 heavy (non-hydrogen) atoms. The Morgan fingerprint density at radius 3 is 2.39 bits per heavy atom. The van der Waals surface area contributed by atoms with Gasteiger partial charge in [-0.3, -0.25) is 9.59 Å². The lowest BCUT2D eigenvalue weighted by molar-refractivity contribution is -0.0102. The van der Waals surface area contributed by atoms with Gasteiger partial charge in [0.15, 0.2) is 0 Å². The Kier molecular flexibility index (Phi) is 2.95. The monoisotopic (exact) mass is 269 g/mol. The lowest BCUT2D eigenvalue weighted by Crippen LogP contribution is -2.33. The van der Waals surface area contributed by atoms with E-state index in [1.165, 1.54) is 19.1 Å². The molecule has 0 N–H and O–H groups in total. The molecule has 0 saturated heterocycles. The van der Waals surface area contributed by atoms with E-state index in [-0.39, 0.29) is 16.9 Å². The van der Waals surface area contributed by atoms with Gasteiger partial charge in [0.2, 0.25) is 0 Å². The Bertz CT molecular complexity index is 635. The van der Waals surface area contributed by atoms with Crippen molar-refractivity contribution in [2.45, 2.75) is 13.8 Å². The lowest BCUT2D eigenvalue weighted by atomic mass is 10.1. The zero-order chi connectivity index (χ0) is 13.5. The van der Waals surface area contributed by atoms with Gasteiger partial charge >= 0.3 is 0 Å². The predicted octanol–water partition coefficient (Wildman–Crippen LogP) is 0.872. The molecule has 0 spiro atoms. The number of fused-ring (bicyclic) bond motifs is 1. The summed E-state index contributed by atoms with van der Waals surface area (Å²) in [5, 5.41) is 0.295. The minimum atomic E-state index is -3.91. The smallest absolute Gasteiger partial charge is 0.266 e. The van der Waals surface area contributed by atoms with Crippen molar-refractivity contribution in [2.75, 3.05) is 5.75 Å². The van der Waals surface area contributed by atoms with Crippen LogP contribution in [0.15, 0.2) is 18.2 Å². The first-order valence-corrected chi connectivity index (χ1v) is 6.85. The molecule has 1 aliphatic heterocycles. The van der Waals surface area contributed by atoms with Crippen LogP contribution in [-0.4, -0.2) is 31.0 Å². The summed E-state index contributed by atoms with van der Waals surface area (Å²) in [4.78, 5) is 23.7. The van der Waals surface area contributed by atoms with E-state index in [0.29, 0.717) is 5.06 Å². The molecular formula is C11H11NO5S. The van der Waals surface area contributed by atoms with Gasteiger partial charge in [-0.2, -0.15) is 8.42 Å². The molecular weight excluding hydrogens is 258 g/mol. The van der Waals surface area contributed by atoms with Crippen LogP contribution in [0.25, 0.3) is 0 Å². The highest BCUT2D eigenvalue weighted by Crippen LogP contribution is 2.24. The highest BCUT2D eigenvalue weighted by molar-refractivity contribution is 7.86. The maximum absolute atomic E-state index is 11.9. The molecule has 1 aliphatic rings. The first-order chi connectivity index (χ1) is 8.35. The minimum Gasteiger partial charge on any atom is -0.266 e. The van der Waals surface area contributed by atoms with E-state index in [1.54, 1.807) is 13.0 Å². The van der Waals surface area contributed by atoms with Crippen LogP contribution < -0.4 is 0 Å². The zero-order valence-corrected chi connectivity index (χ0v) is 10.7. The second-order valence-electron chi connectivity index (χ2n) is 3.87. The summed E-state index contributed by atoms with van der Waals surface area (Å²) in [5.74, 6) is -1.83. The third-order valence-electron chi connectivity index (χ3n) is 2.55. The van der Waals surface area contributed by atoms with Gasteiger partial charge in [0, 0.05) is 0 Å². The van der Waals surface area contributed by atoms with E-state index in [4.69, 9.17) is 0 Å². The van der Waals surface area contributed by atoms with Crippen molar-refractivity contribution in [3.8, 4) is 0 Å². The van der Waals surface area contributed by atoms with Crippen LogP contribution in [0, 0.1) is 6.92 Å². The summed E-state index contributed by atoms with van der Waals surface area (Å²) in [6.07, 6.45) is 0. The summed E-state index contributed by atoms with van der Waals surface area (Å²) in [7, 11) is -3.91. The van der Waals surface area contributed by atoms with Gasteiger partial charge in [-0.1, -0.05) is 11.6 Å².